The molecule has 0 saturated carbocycles. The summed E-state index contributed by atoms with van der Waals surface area (Å²) in [5, 5.41) is 16.4. The van der Waals surface area contributed by atoms with E-state index in [0.29, 0.717) is 38.3 Å². The molecule has 1 fully saturated rings. The smallest absolute Gasteiger partial charge is 0.311 e. The standard InChI is InChI=1S/C15H22N4O5S/c16-25(23,24)13-3-1-12(2-4-13)11-17-14(21)15(22)19-7-5-18(6-8-19)9-10-20/h1-4,20H,5-11H2,(H,17,21)(H2,16,23,24). The third-order valence-electron chi connectivity index (χ3n) is 3.97. The lowest BCUT2D eigenvalue weighted by Gasteiger charge is -2.33. The zero-order chi connectivity index (χ0) is 18.4. The summed E-state index contributed by atoms with van der Waals surface area (Å²) in [4.78, 5) is 27.6. The van der Waals surface area contributed by atoms with E-state index in [9.17, 15) is 18.0 Å². The summed E-state index contributed by atoms with van der Waals surface area (Å²) < 4.78 is 22.4. The number of primary sulfonamides is 1. The second kappa shape index (κ2) is 8.39. The van der Waals surface area contributed by atoms with Gasteiger partial charge in [-0.15, -0.1) is 0 Å². The van der Waals surface area contributed by atoms with E-state index in [1.165, 1.54) is 29.2 Å². The Kier molecular flexibility index (Phi) is 6.48. The number of rotatable bonds is 5. The Bertz CT molecular complexity index is 712. The van der Waals surface area contributed by atoms with Crippen molar-refractivity contribution in [3.8, 4) is 0 Å². The maximum Gasteiger partial charge on any atom is 0.311 e. The number of carbonyl (C=O) groups is 2. The number of hydrogen-bond acceptors (Lipinski definition) is 6. The molecule has 0 unspecified atom stereocenters. The lowest BCUT2D eigenvalue weighted by molar-refractivity contribution is -0.147. The molecule has 2 amide bonds. The van der Waals surface area contributed by atoms with Crippen molar-refractivity contribution in [2.75, 3.05) is 39.3 Å². The first-order valence-corrected chi connectivity index (χ1v) is 9.38. The minimum absolute atomic E-state index is 0.0144. The molecule has 0 radical (unpaired) electrons. The predicted molar refractivity (Wildman–Crippen MR) is 89.8 cm³/mol. The van der Waals surface area contributed by atoms with E-state index in [1.807, 2.05) is 4.90 Å². The molecule has 0 spiro atoms. The highest BCUT2D eigenvalue weighted by Gasteiger charge is 2.25. The summed E-state index contributed by atoms with van der Waals surface area (Å²) in [6, 6.07) is 5.74. The Morgan fingerprint density at radius 2 is 1.72 bits per heavy atom. The Hall–Kier alpha value is -2.01. The van der Waals surface area contributed by atoms with E-state index in [2.05, 4.69) is 5.32 Å². The SMILES string of the molecule is NS(=O)(=O)c1ccc(CNC(=O)C(=O)N2CCN(CCO)CC2)cc1. The van der Waals surface area contributed by atoms with Crippen molar-refractivity contribution < 1.29 is 23.1 Å². The van der Waals surface area contributed by atoms with Crippen molar-refractivity contribution in [1.82, 2.24) is 15.1 Å². The summed E-state index contributed by atoms with van der Waals surface area (Å²) in [6.07, 6.45) is 0. The molecule has 0 aromatic heterocycles. The topological polar surface area (TPSA) is 133 Å². The van der Waals surface area contributed by atoms with Crippen molar-refractivity contribution in [3.63, 3.8) is 0 Å². The second-order valence-corrected chi connectivity index (χ2v) is 7.29. The Balaban J connectivity index is 1.83. The van der Waals surface area contributed by atoms with Crippen molar-refractivity contribution >= 4 is 21.8 Å². The molecule has 1 heterocycles. The van der Waals surface area contributed by atoms with Crippen LogP contribution in [0.3, 0.4) is 0 Å². The number of amides is 2. The molecule has 0 atom stereocenters. The average Bonchev–Trinajstić information content (AvgIpc) is 2.59. The number of β-amino-alcohol motifs (C(OH)–C–C–N with tert-alkyl or cyclic N) is 1. The van der Waals surface area contributed by atoms with Crippen LogP contribution < -0.4 is 10.5 Å². The molecule has 1 aliphatic rings. The molecule has 9 nitrogen and oxygen atoms in total. The number of benzene rings is 1. The monoisotopic (exact) mass is 370 g/mol. The Morgan fingerprint density at radius 3 is 2.24 bits per heavy atom. The summed E-state index contributed by atoms with van der Waals surface area (Å²) in [5.41, 5.74) is 0.654. The van der Waals surface area contributed by atoms with E-state index in [0.717, 1.165) is 0 Å². The van der Waals surface area contributed by atoms with Crippen LogP contribution in [0.2, 0.25) is 0 Å². The molecule has 1 aliphatic heterocycles. The first kappa shape index (κ1) is 19.3. The number of aliphatic hydroxyl groups is 1. The largest absolute Gasteiger partial charge is 0.395 e. The van der Waals surface area contributed by atoms with E-state index in [1.54, 1.807) is 0 Å². The number of carbonyl (C=O) groups excluding carboxylic acids is 2. The molecule has 138 valence electrons. The van der Waals surface area contributed by atoms with Crippen molar-refractivity contribution in [2.24, 2.45) is 5.14 Å². The molecule has 1 aromatic rings. The number of aliphatic hydroxyl groups excluding tert-OH is 1. The number of sulfonamides is 1. The van der Waals surface area contributed by atoms with Gasteiger partial charge in [0.2, 0.25) is 10.0 Å². The highest BCUT2D eigenvalue weighted by Crippen LogP contribution is 2.08. The van der Waals surface area contributed by atoms with Gasteiger partial charge in [-0.05, 0) is 17.7 Å². The number of nitrogens with one attached hydrogen (secondary N) is 1. The van der Waals surface area contributed by atoms with E-state index >= 15 is 0 Å². The van der Waals surface area contributed by atoms with E-state index in [4.69, 9.17) is 10.2 Å². The van der Waals surface area contributed by atoms with E-state index in [-0.39, 0.29) is 18.0 Å². The highest BCUT2D eigenvalue weighted by molar-refractivity contribution is 7.89. The molecule has 2 rings (SSSR count). The quantitative estimate of drug-likeness (QED) is 0.518. The van der Waals surface area contributed by atoms with Crippen molar-refractivity contribution in [2.45, 2.75) is 11.4 Å². The molecule has 4 N–H and O–H groups in total. The van der Waals surface area contributed by atoms with Gasteiger partial charge in [0.1, 0.15) is 0 Å². The fourth-order valence-electron chi connectivity index (χ4n) is 2.51. The first-order valence-electron chi connectivity index (χ1n) is 7.83. The molecule has 1 aromatic carbocycles. The predicted octanol–water partition coefficient (Wildman–Crippen LogP) is -1.91. The number of hydrogen-bond donors (Lipinski definition) is 3. The molecule has 1 saturated heterocycles. The van der Waals surface area contributed by atoms with Gasteiger partial charge in [0.05, 0.1) is 11.5 Å². The van der Waals surface area contributed by atoms with Crippen LogP contribution in [0, 0.1) is 0 Å². The maximum atomic E-state index is 12.1. The van der Waals surface area contributed by atoms with Crippen LogP contribution in [0.25, 0.3) is 0 Å². The van der Waals surface area contributed by atoms with Gasteiger partial charge in [-0.1, -0.05) is 12.1 Å². The minimum atomic E-state index is -3.76. The van der Waals surface area contributed by atoms with Crippen LogP contribution in [-0.2, 0) is 26.2 Å². The minimum Gasteiger partial charge on any atom is -0.395 e. The molecule has 0 bridgehead atoms. The van der Waals surface area contributed by atoms with E-state index < -0.39 is 21.8 Å². The van der Waals surface area contributed by atoms with Crippen LogP contribution >= 0.6 is 0 Å². The average molecular weight is 370 g/mol. The fourth-order valence-corrected chi connectivity index (χ4v) is 3.03. The number of nitrogens with zero attached hydrogens (tertiary/aromatic N) is 2. The van der Waals surface area contributed by atoms with Gasteiger partial charge in [-0.25, -0.2) is 13.6 Å². The lowest BCUT2D eigenvalue weighted by Crippen LogP contribution is -2.52. The number of nitrogens with two attached hydrogens (primary N) is 1. The first-order chi connectivity index (χ1) is 11.8. The van der Waals surface area contributed by atoms with Crippen LogP contribution in [0.4, 0.5) is 0 Å². The molecular weight excluding hydrogens is 348 g/mol. The normalized spacial score (nSPS) is 15.8. The van der Waals surface area contributed by atoms with Crippen LogP contribution in [0.15, 0.2) is 29.2 Å². The summed E-state index contributed by atoms with van der Waals surface area (Å²) in [5.74, 6) is -1.30. The summed E-state index contributed by atoms with van der Waals surface area (Å²) >= 11 is 0. The summed E-state index contributed by atoms with van der Waals surface area (Å²) in [7, 11) is -3.76. The molecule has 25 heavy (non-hydrogen) atoms. The van der Waals surface area contributed by atoms with Gasteiger partial charge in [0.25, 0.3) is 0 Å². The van der Waals surface area contributed by atoms with Crippen molar-refractivity contribution in [1.29, 1.82) is 0 Å². The van der Waals surface area contributed by atoms with Gasteiger partial charge >= 0.3 is 11.8 Å². The fraction of sp³-hybridized carbons (Fsp3) is 0.467. The maximum absolute atomic E-state index is 12.1. The molecule has 10 heteroatoms. The lowest BCUT2D eigenvalue weighted by atomic mass is 10.2. The third-order valence-corrected chi connectivity index (χ3v) is 4.90. The Labute approximate surface area is 146 Å². The molecule has 0 aliphatic carbocycles. The van der Waals surface area contributed by atoms with Crippen molar-refractivity contribution in [3.05, 3.63) is 29.8 Å². The molecular formula is C15H22N4O5S. The second-order valence-electron chi connectivity index (χ2n) is 5.73. The zero-order valence-corrected chi connectivity index (χ0v) is 14.5. The van der Waals surface area contributed by atoms with Gasteiger partial charge in [0.15, 0.2) is 0 Å². The Morgan fingerprint density at radius 1 is 1.12 bits per heavy atom. The van der Waals surface area contributed by atoms with Gasteiger partial charge in [-0.2, -0.15) is 0 Å². The van der Waals surface area contributed by atoms with Crippen LogP contribution in [0.1, 0.15) is 5.56 Å². The highest BCUT2D eigenvalue weighted by atomic mass is 32.2. The van der Waals surface area contributed by atoms with Gasteiger partial charge < -0.3 is 15.3 Å². The van der Waals surface area contributed by atoms with Gasteiger partial charge in [0, 0.05) is 39.3 Å². The van der Waals surface area contributed by atoms with Crippen LogP contribution in [0.5, 0.6) is 0 Å². The van der Waals surface area contributed by atoms with Crippen LogP contribution in [-0.4, -0.2) is 74.5 Å². The zero-order valence-electron chi connectivity index (χ0n) is 13.7. The third kappa shape index (κ3) is 5.49. The summed E-state index contributed by atoms with van der Waals surface area (Å²) in [6.45, 7) is 2.86. The van der Waals surface area contributed by atoms with Gasteiger partial charge in [-0.3, -0.25) is 14.5 Å². The number of piperazine rings is 1.